The Kier molecular flexibility index (Phi) is 7.39. The van der Waals surface area contributed by atoms with E-state index in [9.17, 15) is 4.79 Å². The maximum atomic E-state index is 10.8. The normalized spacial score (nSPS) is 22.1. The summed E-state index contributed by atoms with van der Waals surface area (Å²) in [6.07, 6.45) is 4.26. The highest BCUT2D eigenvalue weighted by Crippen LogP contribution is 2.19. The number of carboxylic acids is 1. The van der Waals surface area contributed by atoms with Gasteiger partial charge >= 0.3 is 5.97 Å². The lowest BCUT2D eigenvalue weighted by Crippen LogP contribution is -2.48. The number of likely N-dealkylation sites (tertiary alicyclic amines) is 1. The van der Waals surface area contributed by atoms with Gasteiger partial charge in [0.2, 0.25) is 0 Å². The Balaban J connectivity index is 0.000000583. The predicted molar refractivity (Wildman–Crippen MR) is 63.1 cm³/mol. The van der Waals surface area contributed by atoms with Crippen molar-refractivity contribution in [1.82, 2.24) is 4.90 Å². The average molecular weight is 215 g/mol. The maximum absolute atomic E-state index is 10.8. The zero-order chi connectivity index (χ0) is 11.8. The summed E-state index contributed by atoms with van der Waals surface area (Å²) < 4.78 is 0. The van der Waals surface area contributed by atoms with Gasteiger partial charge in [-0.05, 0) is 33.2 Å². The quantitative estimate of drug-likeness (QED) is 0.770. The molecule has 3 heteroatoms. The largest absolute Gasteiger partial charge is 0.480 e. The van der Waals surface area contributed by atoms with E-state index in [0.29, 0.717) is 6.04 Å². The molecule has 0 bridgehead atoms. The van der Waals surface area contributed by atoms with E-state index >= 15 is 0 Å². The first-order valence-corrected chi connectivity index (χ1v) is 6.03. The van der Waals surface area contributed by atoms with Crippen LogP contribution in [0.1, 0.15) is 53.4 Å². The van der Waals surface area contributed by atoms with Gasteiger partial charge in [-0.1, -0.05) is 26.7 Å². The molecule has 90 valence electrons. The third-order valence-corrected chi connectivity index (χ3v) is 2.49. The Morgan fingerprint density at radius 3 is 2.27 bits per heavy atom. The zero-order valence-corrected chi connectivity index (χ0v) is 10.5. The first-order chi connectivity index (χ1) is 7.04. The highest BCUT2D eigenvalue weighted by molar-refractivity contribution is 5.73. The molecule has 0 unspecified atom stereocenters. The zero-order valence-electron chi connectivity index (χ0n) is 10.5. The van der Waals surface area contributed by atoms with E-state index < -0.39 is 5.97 Å². The van der Waals surface area contributed by atoms with Gasteiger partial charge in [-0.25, -0.2) is 0 Å². The fraction of sp³-hybridized carbons (Fsp3) is 0.917. The van der Waals surface area contributed by atoms with Crippen molar-refractivity contribution in [3.63, 3.8) is 0 Å². The highest BCUT2D eigenvalue weighted by Gasteiger charge is 2.29. The van der Waals surface area contributed by atoms with E-state index in [1.54, 1.807) is 0 Å². The summed E-state index contributed by atoms with van der Waals surface area (Å²) in [5.41, 5.74) is 0. The Hall–Kier alpha value is -0.570. The topological polar surface area (TPSA) is 40.5 Å². The summed E-state index contributed by atoms with van der Waals surface area (Å²) in [5, 5.41) is 8.92. The molecule has 0 aromatic rings. The standard InChI is InChI=1S/C9H17NO2.C3H8/c1-7(2)10-6-4-3-5-8(10)9(11)12;1-3-2/h7-8H,3-6H2,1-2H3,(H,11,12);3H2,1-2H3/t8-;/m0./s1. The Morgan fingerprint density at radius 1 is 1.40 bits per heavy atom. The van der Waals surface area contributed by atoms with Crippen molar-refractivity contribution in [2.45, 2.75) is 65.5 Å². The average Bonchev–Trinajstić information content (AvgIpc) is 2.19. The van der Waals surface area contributed by atoms with E-state index in [-0.39, 0.29) is 6.04 Å². The van der Waals surface area contributed by atoms with Crippen molar-refractivity contribution in [3.8, 4) is 0 Å². The lowest BCUT2D eigenvalue weighted by atomic mass is 10.0. The number of nitrogens with zero attached hydrogens (tertiary/aromatic N) is 1. The SMILES string of the molecule is CC(C)N1CCCC[C@H]1C(=O)O.CCC. The van der Waals surface area contributed by atoms with Gasteiger partial charge in [0.15, 0.2) is 0 Å². The van der Waals surface area contributed by atoms with Crippen LogP contribution in [0.2, 0.25) is 0 Å². The molecule has 1 rings (SSSR count). The van der Waals surface area contributed by atoms with Gasteiger partial charge in [-0.15, -0.1) is 0 Å². The molecule has 0 aliphatic carbocycles. The van der Waals surface area contributed by atoms with E-state index in [4.69, 9.17) is 5.11 Å². The third-order valence-electron chi connectivity index (χ3n) is 2.49. The number of carbonyl (C=O) groups is 1. The molecule has 15 heavy (non-hydrogen) atoms. The van der Waals surface area contributed by atoms with E-state index in [0.717, 1.165) is 25.8 Å². The van der Waals surface area contributed by atoms with E-state index in [2.05, 4.69) is 32.6 Å². The van der Waals surface area contributed by atoms with Crippen molar-refractivity contribution in [2.24, 2.45) is 0 Å². The van der Waals surface area contributed by atoms with Gasteiger partial charge in [-0.2, -0.15) is 0 Å². The van der Waals surface area contributed by atoms with Crippen molar-refractivity contribution < 1.29 is 9.90 Å². The number of rotatable bonds is 2. The predicted octanol–water partition coefficient (Wildman–Crippen LogP) is 2.75. The van der Waals surface area contributed by atoms with Gasteiger partial charge in [0.1, 0.15) is 6.04 Å². The van der Waals surface area contributed by atoms with Crippen LogP contribution >= 0.6 is 0 Å². The molecule has 0 amide bonds. The molecule has 0 radical (unpaired) electrons. The first-order valence-electron chi connectivity index (χ1n) is 6.03. The summed E-state index contributed by atoms with van der Waals surface area (Å²) >= 11 is 0. The van der Waals surface area contributed by atoms with Gasteiger partial charge in [0, 0.05) is 6.04 Å². The fourth-order valence-corrected chi connectivity index (χ4v) is 1.84. The monoisotopic (exact) mass is 215 g/mol. The van der Waals surface area contributed by atoms with Crippen LogP contribution in [0.15, 0.2) is 0 Å². The van der Waals surface area contributed by atoms with Gasteiger partial charge in [0.05, 0.1) is 0 Å². The second-order valence-corrected chi connectivity index (χ2v) is 4.39. The third kappa shape index (κ3) is 5.17. The van der Waals surface area contributed by atoms with Crippen LogP contribution in [0.3, 0.4) is 0 Å². The van der Waals surface area contributed by atoms with Crippen LogP contribution in [0.4, 0.5) is 0 Å². The van der Waals surface area contributed by atoms with Crippen LogP contribution in [-0.2, 0) is 4.79 Å². The molecular weight excluding hydrogens is 190 g/mol. The smallest absolute Gasteiger partial charge is 0.320 e. The molecule has 1 atom stereocenters. The molecule has 1 saturated heterocycles. The second-order valence-electron chi connectivity index (χ2n) is 4.39. The molecule has 0 saturated carbocycles. The maximum Gasteiger partial charge on any atom is 0.320 e. The van der Waals surface area contributed by atoms with Gasteiger partial charge in [-0.3, -0.25) is 9.69 Å². The number of piperidine rings is 1. The summed E-state index contributed by atoms with van der Waals surface area (Å²) in [6, 6.07) is 0.116. The second kappa shape index (κ2) is 7.69. The number of carboxylic acid groups (broad SMARTS) is 1. The van der Waals surface area contributed by atoms with E-state index in [1.807, 2.05) is 0 Å². The van der Waals surface area contributed by atoms with Crippen LogP contribution in [0.5, 0.6) is 0 Å². The van der Waals surface area contributed by atoms with Crippen molar-refractivity contribution >= 4 is 5.97 Å². The molecule has 0 spiro atoms. The molecule has 0 aromatic heterocycles. The number of hydrogen-bond donors (Lipinski definition) is 1. The highest BCUT2D eigenvalue weighted by atomic mass is 16.4. The van der Waals surface area contributed by atoms with Gasteiger partial charge < -0.3 is 5.11 Å². The summed E-state index contributed by atoms with van der Waals surface area (Å²) in [5.74, 6) is -0.664. The Bertz CT molecular complexity index is 180. The number of hydrogen-bond acceptors (Lipinski definition) is 2. The molecule has 1 heterocycles. The summed E-state index contributed by atoms with van der Waals surface area (Å²) in [4.78, 5) is 12.9. The first kappa shape index (κ1) is 14.4. The summed E-state index contributed by atoms with van der Waals surface area (Å²) in [6.45, 7) is 9.30. The minimum atomic E-state index is -0.664. The Labute approximate surface area is 93.5 Å². The van der Waals surface area contributed by atoms with Crippen LogP contribution < -0.4 is 0 Å². The van der Waals surface area contributed by atoms with Crippen LogP contribution in [0.25, 0.3) is 0 Å². The van der Waals surface area contributed by atoms with Crippen molar-refractivity contribution in [2.75, 3.05) is 6.54 Å². The Morgan fingerprint density at radius 2 is 1.93 bits per heavy atom. The molecule has 1 aliphatic rings. The van der Waals surface area contributed by atoms with Crippen LogP contribution in [0, 0.1) is 0 Å². The van der Waals surface area contributed by atoms with Crippen molar-refractivity contribution in [1.29, 1.82) is 0 Å². The lowest BCUT2D eigenvalue weighted by Gasteiger charge is -2.35. The minimum absolute atomic E-state index is 0.237. The molecule has 1 N–H and O–H groups in total. The molecule has 1 aliphatic heterocycles. The van der Waals surface area contributed by atoms with Crippen molar-refractivity contribution in [3.05, 3.63) is 0 Å². The summed E-state index contributed by atoms with van der Waals surface area (Å²) in [7, 11) is 0. The molecule has 1 fully saturated rings. The molecule has 0 aromatic carbocycles. The van der Waals surface area contributed by atoms with Gasteiger partial charge in [0.25, 0.3) is 0 Å². The minimum Gasteiger partial charge on any atom is -0.480 e. The number of aliphatic carboxylic acids is 1. The molecule has 3 nitrogen and oxygen atoms in total. The van der Waals surface area contributed by atoms with Crippen LogP contribution in [-0.4, -0.2) is 34.6 Å². The lowest BCUT2D eigenvalue weighted by molar-refractivity contribution is -0.145. The fourth-order valence-electron chi connectivity index (χ4n) is 1.84. The van der Waals surface area contributed by atoms with E-state index in [1.165, 1.54) is 6.42 Å². The molecular formula is C12H25NO2.